The molecular weight excluding hydrogens is 296 g/mol. The van der Waals surface area contributed by atoms with Gasteiger partial charge in [0.15, 0.2) is 0 Å². The smallest absolute Gasteiger partial charge is 0.256 e. The highest BCUT2D eigenvalue weighted by Crippen LogP contribution is 2.21. The SMILES string of the molecule is CCOCCOc1ccc(NC(=O)[C@](C)(CC)OCC)c(C)n1. The number of aromatic nitrogens is 1. The van der Waals surface area contributed by atoms with Crippen LogP contribution >= 0.6 is 0 Å². The summed E-state index contributed by atoms with van der Waals surface area (Å²) in [5, 5.41) is 2.88. The molecule has 0 aromatic carbocycles. The molecule has 1 heterocycles. The average molecular weight is 324 g/mol. The van der Waals surface area contributed by atoms with Gasteiger partial charge in [0.05, 0.1) is 18.0 Å². The first kappa shape index (κ1) is 19.4. The Labute approximate surface area is 138 Å². The van der Waals surface area contributed by atoms with E-state index in [0.29, 0.717) is 50.1 Å². The van der Waals surface area contributed by atoms with E-state index in [9.17, 15) is 4.79 Å². The zero-order chi connectivity index (χ0) is 17.3. The molecule has 1 atom stereocenters. The van der Waals surface area contributed by atoms with Gasteiger partial charge in [-0.3, -0.25) is 4.79 Å². The van der Waals surface area contributed by atoms with E-state index in [1.54, 1.807) is 19.1 Å². The lowest BCUT2D eigenvalue weighted by Gasteiger charge is -2.27. The number of hydrogen-bond acceptors (Lipinski definition) is 5. The molecule has 1 N–H and O–H groups in total. The van der Waals surface area contributed by atoms with Crippen LogP contribution in [0.4, 0.5) is 5.69 Å². The summed E-state index contributed by atoms with van der Waals surface area (Å²) in [6.07, 6.45) is 0.595. The molecule has 1 aromatic rings. The number of ether oxygens (including phenoxy) is 3. The lowest BCUT2D eigenvalue weighted by Crippen LogP contribution is -2.42. The molecule has 0 aliphatic rings. The molecule has 0 saturated heterocycles. The van der Waals surface area contributed by atoms with E-state index in [2.05, 4.69) is 10.3 Å². The van der Waals surface area contributed by atoms with Gasteiger partial charge in [0.2, 0.25) is 5.88 Å². The summed E-state index contributed by atoms with van der Waals surface area (Å²) >= 11 is 0. The maximum Gasteiger partial charge on any atom is 0.256 e. The topological polar surface area (TPSA) is 69.7 Å². The molecule has 23 heavy (non-hydrogen) atoms. The minimum absolute atomic E-state index is 0.170. The van der Waals surface area contributed by atoms with Crippen molar-refractivity contribution in [1.82, 2.24) is 4.98 Å². The molecule has 0 spiro atoms. The van der Waals surface area contributed by atoms with Gasteiger partial charge in [-0.25, -0.2) is 4.98 Å². The third-order valence-corrected chi connectivity index (χ3v) is 3.61. The lowest BCUT2D eigenvalue weighted by atomic mass is 10.0. The minimum Gasteiger partial charge on any atom is -0.475 e. The quantitative estimate of drug-likeness (QED) is 0.670. The molecule has 0 saturated carbocycles. The average Bonchev–Trinajstić information content (AvgIpc) is 2.54. The highest BCUT2D eigenvalue weighted by molar-refractivity contribution is 5.97. The van der Waals surface area contributed by atoms with Crippen LogP contribution in [-0.2, 0) is 14.3 Å². The molecule has 0 radical (unpaired) electrons. The Morgan fingerprint density at radius 1 is 1.22 bits per heavy atom. The van der Waals surface area contributed by atoms with Crippen molar-refractivity contribution in [3.63, 3.8) is 0 Å². The molecule has 6 heteroatoms. The van der Waals surface area contributed by atoms with E-state index < -0.39 is 5.60 Å². The van der Waals surface area contributed by atoms with Gasteiger partial charge in [-0.15, -0.1) is 0 Å². The normalized spacial score (nSPS) is 13.4. The molecule has 0 aliphatic carbocycles. The Morgan fingerprint density at radius 3 is 2.52 bits per heavy atom. The second-order valence-electron chi connectivity index (χ2n) is 5.30. The number of anilines is 1. The summed E-state index contributed by atoms with van der Waals surface area (Å²) in [5.74, 6) is 0.347. The Bertz CT molecular complexity index is 507. The molecule has 6 nitrogen and oxygen atoms in total. The van der Waals surface area contributed by atoms with E-state index >= 15 is 0 Å². The van der Waals surface area contributed by atoms with Crippen LogP contribution in [0.3, 0.4) is 0 Å². The van der Waals surface area contributed by atoms with Gasteiger partial charge in [-0.1, -0.05) is 6.92 Å². The van der Waals surface area contributed by atoms with E-state index in [4.69, 9.17) is 14.2 Å². The first-order valence-corrected chi connectivity index (χ1v) is 8.10. The Morgan fingerprint density at radius 2 is 1.96 bits per heavy atom. The monoisotopic (exact) mass is 324 g/mol. The van der Waals surface area contributed by atoms with Crippen molar-refractivity contribution < 1.29 is 19.0 Å². The fraction of sp³-hybridized carbons (Fsp3) is 0.647. The number of nitrogens with zero attached hydrogens (tertiary/aromatic N) is 1. The van der Waals surface area contributed by atoms with Crippen molar-refractivity contribution in [2.24, 2.45) is 0 Å². The van der Waals surface area contributed by atoms with Crippen molar-refractivity contribution in [2.45, 2.75) is 46.6 Å². The van der Waals surface area contributed by atoms with Gasteiger partial charge in [0.25, 0.3) is 5.91 Å². The molecule has 0 unspecified atom stereocenters. The van der Waals surface area contributed by atoms with Crippen LogP contribution in [0.2, 0.25) is 0 Å². The van der Waals surface area contributed by atoms with Gasteiger partial charge in [0.1, 0.15) is 12.2 Å². The number of pyridine rings is 1. The molecule has 1 amide bonds. The van der Waals surface area contributed by atoms with Gasteiger partial charge in [0, 0.05) is 19.3 Å². The summed E-state index contributed by atoms with van der Waals surface area (Å²) in [6.45, 7) is 11.5. The fourth-order valence-corrected chi connectivity index (χ4v) is 2.00. The first-order valence-electron chi connectivity index (χ1n) is 8.10. The van der Waals surface area contributed by atoms with Gasteiger partial charge >= 0.3 is 0 Å². The van der Waals surface area contributed by atoms with Crippen molar-refractivity contribution >= 4 is 11.6 Å². The standard InChI is InChI=1S/C17H28N2O4/c1-6-17(5,23-8-3)16(20)19-14-9-10-15(18-13(14)4)22-12-11-21-7-2/h9-10H,6-8,11-12H2,1-5H3,(H,19,20)/t17-/m0/s1. The largest absolute Gasteiger partial charge is 0.475 e. The predicted octanol–water partition coefficient (Wildman–Crippen LogP) is 2.95. The number of carbonyl (C=O) groups is 1. The van der Waals surface area contributed by atoms with Gasteiger partial charge in [-0.2, -0.15) is 0 Å². The van der Waals surface area contributed by atoms with Crippen LogP contribution in [0.1, 0.15) is 39.8 Å². The summed E-state index contributed by atoms with van der Waals surface area (Å²) in [5.41, 5.74) is 0.516. The molecular formula is C17H28N2O4. The zero-order valence-electron chi connectivity index (χ0n) is 14.8. The molecule has 0 aliphatic heterocycles. The van der Waals surface area contributed by atoms with Crippen LogP contribution in [0.5, 0.6) is 5.88 Å². The molecule has 1 aromatic heterocycles. The van der Waals surface area contributed by atoms with Gasteiger partial charge in [-0.05, 0) is 40.2 Å². The Hall–Kier alpha value is -1.66. The number of hydrogen-bond donors (Lipinski definition) is 1. The summed E-state index contributed by atoms with van der Waals surface area (Å²) in [6, 6.07) is 3.52. The van der Waals surface area contributed by atoms with Crippen LogP contribution < -0.4 is 10.1 Å². The summed E-state index contributed by atoms with van der Waals surface area (Å²) in [7, 11) is 0. The van der Waals surface area contributed by atoms with E-state index in [0.717, 1.165) is 0 Å². The lowest BCUT2D eigenvalue weighted by molar-refractivity contribution is -0.139. The fourth-order valence-electron chi connectivity index (χ4n) is 2.00. The van der Waals surface area contributed by atoms with Crippen LogP contribution in [-0.4, -0.2) is 42.9 Å². The third-order valence-electron chi connectivity index (χ3n) is 3.61. The maximum absolute atomic E-state index is 12.4. The maximum atomic E-state index is 12.4. The number of rotatable bonds is 10. The highest BCUT2D eigenvalue weighted by Gasteiger charge is 2.32. The molecule has 130 valence electrons. The minimum atomic E-state index is -0.839. The third kappa shape index (κ3) is 5.80. The molecule has 0 fully saturated rings. The second-order valence-corrected chi connectivity index (χ2v) is 5.30. The van der Waals surface area contributed by atoms with Crippen molar-refractivity contribution in [3.8, 4) is 5.88 Å². The first-order chi connectivity index (χ1) is 11.0. The predicted molar refractivity (Wildman–Crippen MR) is 89.9 cm³/mol. The van der Waals surface area contributed by atoms with Crippen molar-refractivity contribution in [1.29, 1.82) is 0 Å². The molecule has 1 rings (SSSR count). The highest BCUT2D eigenvalue weighted by atomic mass is 16.5. The molecule has 0 bridgehead atoms. The van der Waals surface area contributed by atoms with E-state index in [-0.39, 0.29) is 5.91 Å². The van der Waals surface area contributed by atoms with Crippen molar-refractivity contribution in [2.75, 3.05) is 31.7 Å². The van der Waals surface area contributed by atoms with Crippen LogP contribution in [0.15, 0.2) is 12.1 Å². The van der Waals surface area contributed by atoms with Crippen LogP contribution in [0, 0.1) is 6.92 Å². The number of carbonyl (C=O) groups excluding carboxylic acids is 1. The summed E-state index contributed by atoms with van der Waals surface area (Å²) in [4.78, 5) is 16.8. The number of amides is 1. The van der Waals surface area contributed by atoms with Crippen molar-refractivity contribution in [3.05, 3.63) is 17.8 Å². The number of nitrogens with one attached hydrogen (secondary N) is 1. The second kappa shape index (κ2) is 9.47. The Kier molecular flexibility index (Phi) is 7.98. The van der Waals surface area contributed by atoms with E-state index in [1.807, 2.05) is 27.7 Å². The Balaban J connectivity index is 2.69. The van der Waals surface area contributed by atoms with E-state index in [1.165, 1.54) is 0 Å². The van der Waals surface area contributed by atoms with Crippen LogP contribution in [0.25, 0.3) is 0 Å². The number of aryl methyl sites for hydroxylation is 1. The zero-order valence-corrected chi connectivity index (χ0v) is 14.8. The summed E-state index contributed by atoms with van der Waals surface area (Å²) < 4.78 is 16.3. The van der Waals surface area contributed by atoms with Gasteiger partial charge < -0.3 is 19.5 Å².